The van der Waals surface area contributed by atoms with Crippen molar-refractivity contribution in [3.05, 3.63) is 68.7 Å². The minimum atomic E-state index is -0.0466. The van der Waals surface area contributed by atoms with Gasteiger partial charge in [-0.25, -0.2) is 0 Å². The second-order valence-corrected chi connectivity index (χ2v) is 5.59. The third kappa shape index (κ3) is 3.64. The lowest BCUT2D eigenvalue weighted by molar-refractivity contribution is 0.264. The number of hydrogen-bond acceptors (Lipinski definition) is 1. The molecule has 0 unspecified atom stereocenters. The topological polar surface area (TPSA) is 20.2 Å². The Hall–Kier alpha value is -0.730. The summed E-state index contributed by atoms with van der Waals surface area (Å²) in [5, 5.41) is 11.5. The van der Waals surface area contributed by atoms with E-state index in [9.17, 15) is 5.11 Å². The normalized spacial score (nSPS) is 12.4. The molecule has 0 aromatic heterocycles. The van der Waals surface area contributed by atoms with Gasteiger partial charge in [0.05, 0.1) is 6.61 Å². The molecule has 2 aromatic carbocycles. The van der Waals surface area contributed by atoms with Crippen LogP contribution >= 0.6 is 34.8 Å². The molecule has 2 rings (SSSR count). The van der Waals surface area contributed by atoms with Gasteiger partial charge in [-0.15, -0.1) is 0 Å². The van der Waals surface area contributed by atoms with Gasteiger partial charge >= 0.3 is 0 Å². The van der Waals surface area contributed by atoms with Crippen LogP contribution in [0.5, 0.6) is 0 Å². The van der Waals surface area contributed by atoms with Gasteiger partial charge in [0.25, 0.3) is 0 Å². The summed E-state index contributed by atoms with van der Waals surface area (Å²) in [6, 6.07) is 12.9. The summed E-state index contributed by atoms with van der Waals surface area (Å²) < 4.78 is 0. The van der Waals surface area contributed by atoms with Gasteiger partial charge in [-0.3, -0.25) is 0 Å². The third-order valence-electron chi connectivity index (χ3n) is 3.07. The molecule has 19 heavy (non-hydrogen) atoms. The van der Waals surface area contributed by atoms with Crippen LogP contribution < -0.4 is 0 Å². The van der Waals surface area contributed by atoms with Gasteiger partial charge in [0.2, 0.25) is 0 Å². The first-order chi connectivity index (χ1) is 9.11. The molecule has 0 aliphatic rings. The van der Waals surface area contributed by atoms with Crippen molar-refractivity contribution >= 4 is 34.8 Å². The molecule has 0 fully saturated rings. The Labute approximate surface area is 127 Å². The van der Waals surface area contributed by atoms with Crippen LogP contribution in [-0.2, 0) is 6.42 Å². The summed E-state index contributed by atoms with van der Waals surface area (Å²) in [4.78, 5) is 0. The average molecular weight is 316 g/mol. The molecule has 1 N–H and O–H groups in total. The predicted molar refractivity (Wildman–Crippen MR) is 81.4 cm³/mol. The van der Waals surface area contributed by atoms with Gasteiger partial charge in [-0.05, 0) is 41.8 Å². The molecule has 0 spiro atoms. The molecular formula is C15H13Cl3O. The third-order valence-corrected chi connectivity index (χ3v) is 4.03. The largest absolute Gasteiger partial charge is 0.396 e. The van der Waals surface area contributed by atoms with Crippen LogP contribution in [0.2, 0.25) is 15.1 Å². The van der Waals surface area contributed by atoms with Gasteiger partial charge in [0.15, 0.2) is 0 Å². The molecule has 2 aromatic rings. The fraction of sp³-hybridized carbons (Fsp3) is 0.200. The van der Waals surface area contributed by atoms with Crippen LogP contribution in [0, 0.1) is 0 Å². The van der Waals surface area contributed by atoms with E-state index in [4.69, 9.17) is 34.8 Å². The molecule has 0 saturated heterocycles. The van der Waals surface area contributed by atoms with Gasteiger partial charge in [0, 0.05) is 21.0 Å². The highest BCUT2D eigenvalue weighted by atomic mass is 35.5. The van der Waals surface area contributed by atoms with Crippen molar-refractivity contribution in [2.24, 2.45) is 0 Å². The van der Waals surface area contributed by atoms with Crippen molar-refractivity contribution in [2.75, 3.05) is 6.61 Å². The second kappa shape index (κ2) is 6.62. The first-order valence-corrected chi connectivity index (χ1v) is 7.04. The standard InChI is InChI=1S/C15H13Cl3O/c16-12-6-4-10(5-7-12)11(9-19)8-13-14(17)2-1-3-15(13)18/h1-7,11,19H,8-9H2/t11-/m1/s1. The summed E-state index contributed by atoms with van der Waals surface area (Å²) in [5.74, 6) is -0.0466. The van der Waals surface area contributed by atoms with E-state index in [-0.39, 0.29) is 12.5 Å². The fourth-order valence-electron chi connectivity index (χ4n) is 2.00. The number of benzene rings is 2. The van der Waals surface area contributed by atoms with Gasteiger partial charge in [-0.2, -0.15) is 0 Å². The highest BCUT2D eigenvalue weighted by Crippen LogP contribution is 2.30. The van der Waals surface area contributed by atoms with E-state index in [1.165, 1.54) is 0 Å². The van der Waals surface area contributed by atoms with Crippen LogP contribution in [-0.4, -0.2) is 11.7 Å². The van der Waals surface area contributed by atoms with E-state index in [1.54, 1.807) is 12.1 Å². The maximum Gasteiger partial charge on any atom is 0.0502 e. The Kier molecular flexibility index (Phi) is 5.12. The van der Waals surface area contributed by atoms with Crippen molar-refractivity contribution in [3.8, 4) is 0 Å². The van der Waals surface area contributed by atoms with Crippen molar-refractivity contribution < 1.29 is 5.11 Å². The molecule has 0 saturated carbocycles. The zero-order valence-electron chi connectivity index (χ0n) is 10.1. The Morgan fingerprint density at radius 3 is 2.00 bits per heavy atom. The molecule has 0 bridgehead atoms. The Morgan fingerprint density at radius 2 is 1.47 bits per heavy atom. The average Bonchev–Trinajstić information content (AvgIpc) is 2.40. The first-order valence-electron chi connectivity index (χ1n) is 5.91. The zero-order valence-corrected chi connectivity index (χ0v) is 12.4. The Bertz CT molecular complexity index is 532. The minimum Gasteiger partial charge on any atom is -0.396 e. The lowest BCUT2D eigenvalue weighted by Crippen LogP contribution is -2.08. The molecule has 0 aliphatic heterocycles. The maximum absolute atomic E-state index is 9.57. The summed E-state index contributed by atoms with van der Waals surface area (Å²) in [5.41, 5.74) is 1.88. The van der Waals surface area contributed by atoms with Crippen molar-refractivity contribution in [1.29, 1.82) is 0 Å². The van der Waals surface area contributed by atoms with Crippen molar-refractivity contribution in [3.63, 3.8) is 0 Å². The van der Waals surface area contributed by atoms with Gasteiger partial charge < -0.3 is 5.11 Å². The maximum atomic E-state index is 9.57. The molecule has 4 heteroatoms. The number of hydrogen-bond donors (Lipinski definition) is 1. The van der Waals surface area contributed by atoms with Gasteiger partial charge in [-0.1, -0.05) is 53.0 Å². The number of aliphatic hydroxyl groups excluding tert-OH is 1. The quantitative estimate of drug-likeness (QED) is 0.845. The monoisotopic (exact) mass is 314 g/mol. The van der Waals surface area contributed by atoms with E-state index in [2.05, 4.69) is 0 Å². The molecule has 1 atom stereocenters. The highest BCUT2D eigenvalue weighted by molar-refractivity contribution is 6.36. The molecule has 100 valence electrons. The van der Waals surface area contributed by atoms with Gasteiger partial charge in [0.1, 0.15) is 0 Å². The molecule has 0 heterocycles. The smallest absolute Gasteiger partial charge is 0.0502 e. The fourth-order valence-corrected chi connectivity index (χ4v) is 2.67. The van der Waals surface area contributed by atoms with Crippen LogP contribution in [0.15, 0.2) is 42.5 Å². The summed E-state index contributed by atoms with van der Waals surface area (Å²) in [6.45, 7) is 0.0309. The van der Waals surface area contributed by atoms with Crippen molar-refractivity contribution in [2.45, 2.75) is 12.3 Å². The molecule has 0 aliphatic carbocycles. The van der Waals surface area contributed by atoms with E-state index in [0.717, 1.165) is 11.1 Å². The van der Waals surface area contributed by atoms with Crippen LogP contribution in [0.3, 0.4) is 0 Å². The summed E-state index contributed by atoms with van der Waals surface area (Å²) in [6.07, 6.45) is 0.594. The zero-order chi connectivity index (χ0) is 13.8. The van der Waals surface area contributed by atoms with Crippen LogP contribution in [0.1, 0.15) is 17.0 Å². The van der Waals surface area contributed by atoms with Crippen molar-refractivity contribution in [1.82, 2.24) is 0 Å². The van der Waals surface area contributed by atoms with E-state index < -0.39 is 0 Å². The highest BCUT2D eigenvalue weighted by Gasteiger charge is 2.15. The lowest BCUT2D eigenvalue weighted by Gasteiger charge is -2.16. The Morgan fingerprint density at radius 1 is 0.895 bits per heavy atom. The second-order valence-electron chi connectivity index (χ2n) is 4.34. The summed E-state index contributed by atoms with van der Waals surface area (Å²) in [7, 11) is 0. The molecule has 0 radical (unpaired) electrons. The first kappa shape index (κ1) is 14.7. The van der Waals surface area contributed by atoms with E-state index in [0.29, 0.717) is 21.5 Å². The molecule has 0 amide bonds. The summed E-state index contributed by atoms with van der Waals surface area (Å²) >= 11 is 18.2. The SMILES string of the molecule is OC[C@@H](Cc1c(Cl)cccc1Cl)c1ccc(Cl)cc1. The van der Waals surface area contributed by atoms with Crippen LogP contribution in [0.25, 0.3) is 0 Å². The van der Waals surface area contributed by atoms with E-state index >= 15 is 0 Å². The number of rotatable bonds is 4. The number of aliphatic hydroxyl groups is 1. The molecule has 1 nitrogen and oxygen atoms in total. The predicted octanol–water partition coefficient (Wildman–Crippen LogP) is 4.97. The number of halogens is 3. The Balaban J connectivity index is 2.26. The molecular weight excluding hydrogens is 303 g/mol. The van der Waals surface area contributed by atoms with Crippen LogP contribution in [0.4, 0.5) is 0 Å². The lowest BCUT2D eigenvalue weighted by atomic mass is 9.92. The van der Waals surface area contributed by atoms with E-state index in [1.807, 2.05) is 30.3 Å². The minimum absolute atomic E-state index is 0.0309.